The van der Waals surface area contributed by atoms with Crippen LogP contribution in [0, 0.1) is 12.8 Å². The molecule has 0 aliphatic carbocycles. The smallest absolute Gasteiger partial charge is 0.270 e. The van der Waals surface area contributed by atoms with Gasteiger partial charge in [0.05, 0.1) is 0 Å². The molecule has 4 rings (SSSR count). The van der Waals surface area contributed by atoms with Crippen molar-refractivity contribution in [2.75, 3.05) is 19.6 Å². The molecule has 138 valence electrons. The van der Waals surface area contributed by atoms with Crippen LogP contribution in [0.2, 0.25) is 0 Å². The van der Waals surface area contributed by atoms with Crippen LogP contribution < -0.4 is 0 Å². The summed E-state index contributed by atoms with van der Waals surface area (Å²) in [6.45, 7) is 4.05. The van der Waals surface area contributed by atoms with E-state index >= 15 is 0 Å². The Hall–Kier alpha value is -2.50. The van der Waals surface area contributed by atoms with Crippen molar-refractivity contribution in [2.24, 2.45) is 5.92 Å². The fourth-order valence-electron chi connectivity index (χ4n) is 4.31. The van der Waals surface area contributed by atoms with Crippen LogP contribution in [0.5, 0.6) is 0 Å². The van der Waals surface area contributed by atoms with Crippen LogP contribution >= 0.6 is 0 Å². The standard InChI is InChI=1S/C20H25N3O3/c1-14-4-6-16(26-14)8-12-23-18-9-11-22(13-15(18)5-7-19(23)24)20(25)17-3-2-10-21-17/h2-4,6,10,15,18,21H,5,7-9,11-13H2,1H3/t15-,18+/m1/s1. The Morgan fingerprint density at radius 2 is 2.19 bits per heavy atom. The van der Waals surface area contributed by atoms with Gasteiger partial charge in [-0.2, -0.15) is 0 Å². The molecule has 2 aromatic heterocycles. The molecule has 2 amide bonds. The monoisotopic (exact) mass is 355 g/mol. The lowest BCUT2D eigenvalue weighted by molar-refractivity contribution is -0.140. The third-order valence-electron chi connectivity index (χ3n) is 5.65. The van der Waals surface area contributed by atoms with Gasteiger partial charge >= 0.3 is 0 Å². The number of fused-ring (bicyclic) bond motifs is 1. The van der Waals surface area contributed by atoms with Gasteiger partial charge < -0.3 is 19.2 Å². The fraction of sp³-hybridized carbons (Fsp3) is 0.500. The summed E-state index contributed by atoms with van der Waals surface area (Å²) in [4.78, 5) is 32.0. The Labute approximate surface area is 153 Å². The van der Waals surface area contributed by atoms with Crippen molar-refractivity contribution in [3.8, 4) is 0 Å². The maximum atomic E-state index is 12.6. The Morgan fingerprint density at radius 1 is 1.31 bits per heavy atom. The van der Waals surface area contributed by atoms with E-state index in [-0.39, 0.29) is 17.9 Å². The minimum atomic E-state index is 0.0583. The van der Waals surface area contributed by atoms with Gasteiger partial charge in [-0.1, -0.05) is 0 Å². The van der Waals surface area contributed by atoms with Crippen molar-refractivity contribution in [3.63, 3.8) is 0 Å². The lowest BCUT2D eigenvalue weighted by Gasteiger charge is -2.47. The Balaban J connectivity index is 1.41. The summed E-state index contributed by atoms with van der Waals surface area (Å²) in [6, 6.07) is 7.84. The molecule has 0 spiro atoms. The highest BCUT2D eigenvalue weighted by atomic mass is 16.3. The van der Waals surface area contributed by atoms with Crippen molar-refractivity contribution in [3.05, 3.63) is 47.7 Å². The van der Waals surface area contributed by atoms with Gasteiger partial charge in [-0.15, -0.1) is 0 Å². The molecule has 6 heteroatoms. The number of likely N-dealkylation sites (tertiary alicyclic amines) is 2. The third-order valence-corrected chi connectivity index (χ3v) is 5.65. The highest BCUT2D eigenvalue weighted by molar-refractivity contribution is 5.92. The maximum Gasteiger partial charge on any atom is 0.270 e. The predicted octanol–water partition coefficient (Wildman–Crippen LogP) is 2.61. The van der Waals surface area contributed by atoms with Crippen LogP contribution in [0.3, 0.4) is 0 Å². The number of nitrogens with one attached hydrogen (secondary N) is 1. The van der Waals surface area contributed by atoms with Gasteiger partial charge in [0, 0.05) is 44.7 Å². The molecule has 4 heterocycles. The average molecular weight is 355 g/mol. The minimum Gasteiger partial charge on any atom is -0.466 e. The third kappa shape index (κ3) is 3.28. The van der Waals surface area contributed by atoms with Crippen molar-refractivity contribution in [1.29, 1.82) is 0 Å². The van der Waals surface area contributed by atoms with Crippen molar-refractivity contribution < 1.29 is 14.0 Å². The molecular weight excluding hydrogens is 330 g/mol. The second kappa shape index (κ2) is 7.02. The van der Waals surface area contributed by atoms with Crippen molar-refractivity contribution >= 4 is 11.8 Å². The highest BCUT2D eigenvalue weighted by Crippen LogP contribution is 2.32. The largest absolute Gasteiger partial charge is 0.466 e. The van der Waals surface area contributed by atoms with Gasteiger partial charge in [-0.3, -0.25) is 9.59 Å². The molecule has 2 atom stereocenters. The molecule has 2 aromatic rings. The fourth-order valence-corrected chi connectivity index (χ4v) is 4.31. The number of aromatic amines is 1. The SMILES string of the molecule is Cc1ccc(CCN2C(=O)CC[C@@H]3CN(C(=O)c4ccc[nH]4)CC[C@@H]32)o1. The number of piperidine rings is 2. The second-order valence-electron chi connectivity index (χ2n) is 7.34. The van der Waals surface area contributed by atoms with E-state index in [0.717, 1.165) is 37.3 Å². The highest BCUT2D eigenvalue weighted by Gasteiger charge is 2.40. The Kier molecular flexibility index (Phi) is 4.57. The van der Waals surface area contributed by atoms with Crippen LogP contribution in [0.1, 0.15) is 41.3 Å². The molecule has 0 radical (unpaired) electrons. The summed E-state index contributed by atoms with van der Waals surface area (Å²) in [5, 5.41) is 0. The van der Waals surface area contributed by atoms with Gasteiger partial charge in [0.2, 0.25) is 5.91 Å². The lowest BCUT2D eigenvalue weighted by atomic mass is 9.83. The molecule has 2 fully saturated rings. The first-order chi connectivity index (χ1) is 12.6. The zero-order valence-corrected chi connectivity index (χ0v) is 15.1. The lowest BCUT2D eigenvalue weighted by Crippen LogP contribution is -2.57. The molecule has 2 saturated heterocycles. The number of aryl methyl sites for hydroxylation is 1. The number of carbonyl (C=O) groups excluding carboxylic acids is 2. The summed E-state index contributed by atoms with van der Waals surface area (Å²) in [5.41, 5.74) is 0.639. The van der Waals surface area contributed by atoms with Gasteiger partial charge in [0.25, 0.3) is 5.91 Å². The Bertz CT molecular complexity index is 780. The molecule has 0 aromatic carbocycles. The molecular formula is C20H25N3O3. The minimum absolute atomic E-state index is 0.0583. The number of furan rings is 1. The van der Waals surface area contributed by atoms with E-state index in [1.165, 1.54) is 0 Å². The molecule has 2 aliphatic rings. The van der Waals surface area contributed by atoms with Gasteiger partial charge in [-0.25, -0.2) is 0 Å². The molecule has 1 N–H and O–H groups in total. The van der Waals surface area contributed by atoms with E-state index in [4.69, 9.17) is 4.42 Å². The van der Waals surface area contributed by atoms with E-state index in [1.807, 2.05) is 41.0 Å². The zero-order valence-electron chi connectivity index (χ0n) is 15.1. The van der Waals surface area contributed by atoms with E-state index < -0.39 is 0 Å². The van der Waals surface area contributed by atoms with Crippen LogP contribution in [-0.4, -0.2) is 52.3 Å². The number of carbonyl (C=O) groups is 2. The maximum absolute atomic E-state index is 12.6. The Morgan fingerprint density at radius 3 is 2.92 bits per heavy atom. The van der Waals surface area contributed by atoms with Gasteiger partial charge in [-0.05, 0) is 49.9 Å². The van der Waals surface area contributed by atoms with Crippen LogP contribution in [0.4, 0.5) is 0 Å². The molecule has 6 nitrogen and oxygen atoms in total. The zero-order chi connectivity index (χ0) is 18.1. The number of hydrogen-bond donors (Lipinski definition) is 1. The predicted molar refractivity (Wildman–Crippen MR) is 96.7 cm³/mol. The summed E-state index contributed by atoms with van der Waals surface area (Å²) in [5.74, 6) is 2.48. The van der Waals surface area contributed by atoms with E-state index in [1.54, 1.807) is 6.20 Å². The summed E-state index contributed by atoms with van der Waals surface area (Å²) in [7, 11) is 0. The van der Waals surface area contributed by atoms with Crippen molar-refractivity contribution in [1.82, 2.24) is 14.8 Å². The van der Waals surface area contributed by atoms with E-state index in [9.17, 15) is 9.59 Å². The van der Waals surface area contributed by atoms with Gasteiger partial charge in [0.1, 0.15) is 17.2 Å². The first-order valence-corrected chi connectivity index (χ1v) is 9.39. The van der Waals surface area contributed by atoms with Crippen LogP contribution in [0.25, 0.3) is 0 Å². The molecule has 0 saturated carbocycles. The van der Waals surface area contributed by atoms with Crippen LogP contribution in [0.15, 0.2) is 34.9 Å². The van der Waals surface area contributed by atoms with E-state index in [0.29, 0.717) is 31.1 Å². The first kappa shape index (κ1) is 16.9. The first-order valence-electron chi connectivity index (χ1n) is 9.39. The van der Waals surface area contributed by atoms with E-state index in [2.05, 4.69) is 4.98 Å². The second-order valence-corrected chi connectivity index (χ2v) is 7.34. The number of hydrogen-bond acceptors (Lipinski definition) is 3. The normalized spacial score (nSPS) is 23.2. The molecule has 2 aliphatic heterocycles. The van der Waals surface area contributed by atoms with Gasteiger partial charge in [0.15, 0.2) is 0 Å². The number of aromatic nitrogens is 1. The summed E-state index contributed by atoms with van der Waals surface area (Å²) >= 11 is 0. The topological polar surface area (TPSA) is 69.6 Å². The molecule has 0 unspecified atom stereocenters. The number of rotatable bonds is 4. The quantitative estimate of drug-likeness (QED) is 0.916. The molecule has 0 bridgehead atoms. The summed E-state index contributed by atoms with van der Waals surface area (Å²) in [6.07, 6.45) is 4.81. The van der Waals surface area contributed by atoms with Crippen LogP contribution in [-0.2, 0) is 11.2 Å². The number of nitrogens with zero attached hydrogens (tertiary/aromatic N) is 2. The molecule has 26 heavy (non-hydrogen) atoms. The number of amides is 2. The van der Waals surface area contributed by atoms with Crippen molar-refractivity contribution in [2.45, 2.75) is 38.6 Å². The summed E-state index contributed by atoms with van der Waals surface area (Å²) < 4.78 is 5.64. The average Bonchev–Trinajstić information content (AvgIpc) is 3.32. The number of H-pyrrole nitrogens is 1.